The van der Waals surface area contributed by atoms with Gasteiger partial charge in [0.25, 0.3) is 0 Å². The molecule has 6 nitrogen and oxygen atoms in total. The van der Waals surface area contributed by atoms with E-state index in [0.29, 0.717) is 17.9 Å². The molecule has 1 N–H and O–H groups in total. The second-order valence-corrected chi connectivity index (χ2v) is 5.50. The molecule has 2 rings (SSSR count). The number of carbonyl (C=O) groups excluding carboxylic acids is 1. The molecule has 0 aliphatic heterocycles. The lowest BCUT2D eigenvalue weighted by molar-refractivity contribution is -0.142. The molecular weight excluding hydrogens is 340 g/mol. The molecule has 1 unspecified atom stereocenters. The van der Waals surface area contributed by atoms with Crippen molar-refractivity contribution in [1.82, 2.24) is 9.61 Å². The van der Waals surface area contributed by atoms with Gasteiger partial charge in [0.1, 0.15) is 12.3 Å². The highest BCUT2D eigenvalue weighted by Crippen LogP contribution is 2.27. The van der Waals surface area contributed by atoms with Crippen molar-refractivity contribution in [1.29, 1.82) is 0 Å². The van der Waals surface area contributed by atoms with Gasteiger partial charge in [-0.1, -0.05) is 0 Å². The lowest BCUT2D eigenvalue weighted by atomic mass is 10.1. The van der Waals surface area contributed by atoms with Crippen LogP contribution in [0.25, 0.3) is 5.52 Å². The first-order valence-electron chi connectivity index (χ1n) is 6.54. The van der Waals surface area contributed by atoms with Gasteiger partial charge in [-0.3, -0.25) is 4.79 Å². The minimum atomic E-state index is -1.15. The van der Waals surface area contributed by atoms with E-state index in [1.54, 1.807) is 17.6 Å². The van der Waals surface area contributed by atoms with E-state index in [2.05, 4.69) is 21.0 Å². The number of fused-ring (bicyclic) bond motifs is 1. The lowest BCUT2D eigenvalue weighted by Gasteiger charge is -2.10. The number of carbonyl (C=O) groups is 1. The summed E-state index contributed by atoms with van der Waals surface area (Å²) in [5.74, 6) is -0.388. The van der Waals surface area contributed by atoms with Gasteiger partial charge in [0.2, 0.25) is 6.29 Å². The monoisotopic (exact) mass is 356 g/mol. The third-order valence-corrected chi connectivity index (χ3v) is 3.43. The second kappa shape index (κ2) is 6.55. The first-order valence-corrected chi connectivity index (χ1v) is 7.33. The molecule has 0 aliphatic rings. The zero-order valence-electron chi connectivity index (χ0n) is 12.1. The summed E-state index contributed by atoms with van der Waals surface area (Å²) in [4.78, 5) is 11.1. The Bertz CT molecular complexity index is 669. The smallest absolute Gasteiger partial charge is 0.302 e. The van der Waals surface area contributed by atoms with Crippen LogP contribution in [0.4, 0.5) is 0 Å². The highest BCUT2D eigenvalue weighted by Gasteiger charge is 2.22. The summed E-state index contributed by atoms with van der Waals surface area (Å²) < 4.78 is 12.8. The van der Waals surface area contributed by atoms with Crippen LogP contribution in [0.15, 0.2) is 16.7 Å². The maximum absolute atomic E-state index is 11.1. The van der Waals surface area contributed by atoms with Gasteiger partial charge in [0, 0.05) is 29.8 Å². The van der Waals surface area contributed by atoms with Crippen LogP contribution in [0.3, 0.4) is 0 Å². The molecule has 2 heterocycles. The van der Waals surface area contributed by atoms with Gasteiger partial charge in [0.15, 0.2) is 0 Å². The minimum Gasteiger partial charge on any atom is -0.461 e. The normalized spacial score (nSPS) is 12.6. The van der Waals surface area contributed by atoms with Gasteiger partial charge in [-0.15, -0.1) is 0 Å². The van der Waals surface area contributed by atoms with Crippen LogP contribution in [0.5, 0.6) is 0 Å². The van der Waals surface area contributed by atoms with E-state index in [1.165, 1.54) is 6.92 Å². The van der Waals surface area contributed by atoms with E-state index in [0.717, 1.165) is 15.6 Å². The van der Waals surface area contributed by atoms with Crippen LogP contribution in [-0.4, -0.2) is 27.3 Å². The second-order valence-electron chi connectivity index (χ2n) is 4.59. The third kappa shape index (κ3) is 3.42. The summed E-state index contributed by atoms with van der Waals surface area (Å²) in [6.45, 7) is 5.45. The number of aliphatic hydroxyl groups is 1. The molecule has 21 heavy (non-hydrogen) atoms. The van der Waals surface area contributed by atoms with E-state index >= 15 is 0 Å². The van der Waals surface area contributed by atoms with Crippen molar-refractivity contribution < 1.29 is 19.4 Å². The molecule has 0 aliphatic carbocycles. The Morgan fingerprint density at radius 2 is 2.29 bits per heavy atom. The first kappa shape index (κ1) is 15.9. The molecule has 0 fully saturated rings. The van der Waals surface area contributed by atoms with Crippen LogP contribution in [0.1, 0.15) is 37.0 Å². The topological polar surface area (TPSA) is 73.1 Å². The Morgan fingerprint density at radius 3 is 2.90 bits per heavy atom. The molecule has 114 valence electrons. The van der Waals surface area contributed by atoms with Crippen LogP contribution in [-0.2, 0) is 20.9 Å². The molecule has 0 amide bonds. The van der Waals surface area contributed by atoms with Crippen LogP contribution >= 0.6 is 15.9 Å². The molecule has 0 spiro atoms. The zero-order valence-corrected chi connectivity index (χ0v) is 13.7. The SMILES string of the molecule is CCOC(O)c1nn2cc(Br)cc(C)c2c1COC(C)=O. The maximum Gasteiger partial charge on any atom is 0.302 e. The predicted octanol–water partition coefficient (Wildman–Crippen LogP) is 2.50. The van der Waals surface area contributed by atoms with Gasteiger partial charge >= 0.3 is 5.97 Å². The highest BCUT2D eigenvalue weighted by atomic mass is 79.9. The average Bonchev–Trinajstić information content (AvgIpc) is 2.75. The number of aryl methyl sites for hydroxylation is 1. The van der Waals surface area contributed by atoms with Crippen molar-refractivity contribution in [2.24, 2.45) is 0 Å². The van der Waals surface area contributed by atoms with Crippen molar-refractivity contribution in [3.8, 4) is 0 Å². The van der Waals surface area contributed by atoms with E-state index < -0.39 is 6.29 Å². The number of ether oxygens (including phenoxy) is 2. The van der Waals surface area contributed by atoms with Gasteiger partial charge in [-0.25, -0.2) is 4.52 Å². The fourth-order valence-electron chi connectivity index (χ4n) is 2.18. The van der Waals surface area contributed by atoms with Crippen molar-refractivity contribution in [2.75, 3.05) is 6.61 Å². The molecular formula is C14H17BrN2O4. The Morgan fingerprint density at radius 1 is 1.57 bits per heavy atom. The number of hydrogen-bond donors (Lipinski definition) is 1. The standard InChI is InChI=1S/C14H17BrN2O4/c1-4-20-14(19)12-11(7-21-9(3)18)13-8(2)5-10(15)6-17(13)16-12/h5-6,14,19H,4,7H2,1-3H3. The third-order valence-electron chi connectivity index (χ3n) is 2.99. The number of nitrogens with zero attached hydrogens (tertiary/aromatic N) is 2. The summed E-state index contributed by atoms with van der Waals surface area (Å²) >= 11 is 3.41. The zero-order chi connectivity index (χ0) is 15.6. The molecule has 0 saturated heterocycles. The number of pyridine rings is 1. The Labute approximate surface area is 130 Å². The molecule has 2 aromatic rings. The van der Waals surface area contributed by atoms with Crippen LogP contribution in [0.2, 0.25) is 0 Å². The molecule has 2 aromatic heterocycles. The van der Waals surface area contributed by atoms with Gasteiger partial charge in [0.05, 0.1) is 5.52 Å². The molecule has 7 heteroatoms. The number of halogens is 1. The Kier molecular flexibility index (Phi) is 4.97. The largest absolute Gasteiger partial charge is 0.461 e. The number of aliphatic hydroxyl groups excluding tert-OH is 1. The molecule has 0 saturated carbocycles. The molecule has 0 radical (unpaired) electrons. The Balaban J connectivity index is 2.57. The van der Waals surface area contributed by atoms with Crippen molar-refractivity contribution >= 4 is 27.4 Å². The fourth-order valence-corrected chi connectivity index (χ4v) is 2.72. The Hall–Kier alpha value is -1.44. The summed E-state index contributed by atoms with van der Waals surface area (Å²) in [6, 6.07) is 1.94. The molecule has 1 atom stereocenters. The van der Waals surface area contributed by atoms with Crippen LogP contribution < -0.4 is 0 Å². The predicted molar refractivity (Wildman–Crippen MR) is 79.7 cm³/mol. The molecule has 0 aromatic carbocycles. The number of esters is 1. The fraction of sp³-hybridized carbons (Fsp3) is 0.429. The quantitative estimate of drug-likeness (QED) is 0.658. The van der Waals surface area contributed by atoms with Gasteiger partial charge in [-0.2, -0.15) is 5.10 Å². The summed E-state index contributed by atoms with van der Waals surface area (Å²) in [5, 5.41) is 14.4. The maximum atomic E-state index is 11.1. The van der Waals surface area contributed by atoms with Crippen molar-refractivity contribution in [3.05, 3.63) is 33.6 Å². The van der Waals surface area contributed by atoms with Crippen molar-refractivity contribution in [3.63, 3.8) is 0 Å². The van der Waals surface area contributed by atoms with Crippen LogP contribution in [0, 0.1) is 6.92 Å². The number of aromatic nitrogens is 2. The van der Waals surface area contributed by atoms with E-state index in [1.807, 2.05) is 13.0 Å². The summed E-state index contributed by atoms with van der Waals surface area (Å²) in [7, 11) is 0. The number of rotatable bonds is 5. The average molecular weight is 357 g/mol. The number of hydrogen-bond acceptors (Lipinski definition) is 5. The minimum absolute atomic E-state index is 0.0424. The van der Waals surface area contributed by atoms with Crippen molar-refractivity contribution in [2.45, 2.75) is 33.7 Å². The summed E-state index contributed by atoms with van der Waals surface area (Å²) in [5.41, 5.74) is 2.76. The highest BCUT2D eigenvalue weighted by molar-refractivity contribution is 9.10. The van der Waals surface area contributed by atoms with E-state index in [4.69, 9.17) is 9.47 Å². The first-order chi connectivity index (χ1) is 9.93. The van der Waals surface area contributed by atoms with Gasteiger partial charge < -0.3 is 14.6 Å². The summed E-state index contributed by atoms with van der Waals surface area (Å²) in [6.07, 6.45) is 0.625. The van der Waals surface area contributed by atoms with E-state index in [9.17, 15) is 9.90 Å². The van der Waals surface area contributed by atoms with Gasteiger partial charge in [-0.05, 0) is 41.4 Å². The molecule has 0 bridgehead atoms. The van der Waals surface area contributed by atoms with E-state index in [-0.39, 0.29) is 12.6 Å². The lowest BCUT2D eigenvalue weighted by Crippen LogP contribution is -2.08.